The zero-order chi connectivity index (χ0) is 18.5. The summed E-state index contributed by atoms with van der Waals surface area (Å²) in [7, 11) is -3.95. The van der Waals surface area contributed by atoms with Crippen LogP contribution >= 0.6 is 0 Å². The summed E-state index contributed by atoms with van der Waals surface area (Å²) in [4.78, 5) is 16.1. The van der Waals surface area contributed by atoms with Gasteiger partial charge in [0.1, 0.15) is 0 Å². The Morgan fingerprint density at radius 3 is 2.62 bits per heavy atom. The minimum Gasteiger partial charge on any atom is -0.361 e. The lowest BCUT2D eigenvalue weighted by Gasteiger charge is -2.19. The lowest BCUT2D eigenvalue weighted by atomic mass is 9.90. The van der Waals surface area contributed by atoms with Gasteiger partial charge in [0.05, 0.1) is 10.3 Å². The van der Waals surface area contributed by atoms with Crippen LogP contribution in [0.15, 0.2) is 53.6 Å². The molecule has 0 atom stereocenters. The highest BCUT2D eigenvalue weighted by atomic mass is 32.2. The lowest BCUT2D eigenvalue weighted by Crippen LogP contribution is -2.39. The predicted molar refractivity (Wildman–Crippen MR) is 100 cm³/mol. The van der Waals surface area contributed by atoms with Crippen LogP contribution in [0, 0.1) is 13.8 Å². The van der Waals surface area contributed by atoms with Gasteiger partial charge in [-0.3, -0.25) is 4.79 Å². The van der Waals surface area contributed by atoms with Crippen molar-refractivity contribution in [2.24, 2.45) is 0 Å². The maximum Gasteiger partial charge on any atom is 0.264 e. The predicted octanol–water partition coefficient (Wildman–Crippen LogP) is 3.32. The van der Waals surface area contributed by atoms with Gasteiger partial charge in [-0.05, 0) is 56.0 Å². The van der Waals surface area contributed by atoms with Gasteiger partial charge in [0.15, 0.2) is 0 Å². The number of fused-ring (bicyclic) bond motifs is 1. The van der Waals surface area contributed by atoms with E-state index in [1.54, 1.807) is 24.4 Å². The summed E-state index contributed by atoms with van der Waals surface area (Å²) in [6.45, 7) is 3.93. The van der Waals surface area contributed by atoms with Crippen molar-refractivity contribution in [3.63, 3.8) is 0 Å². The van der Waals surface area contributed by atoms with Gasteiger partial charge in [-0.1, -0.05) is 29.8 Å². The van der Waals surface area contributed by atoms with Crippen molar-refractivity contribution in [3.8, 4) is 0 Å². The minimum atomic E-state index is -3.95. The third-order valence-corrected chi connectivity index (χ3v) is 6.55. The SMILES string of the molecule is Cc1ccc(C)c(C2(C(=O)NS(=O)(=O)c3cccc4[nH]ccc34)CC2)c1. The first-order valence-corrected chi connectivity index (χ1v) is 10.0. The van der Waals surface area contributed by atoms with Crippen molar-refractivity contribution in [3.05, 3.63) is 65.4 Å². The Hall–Kier alpha value is -2.60. The van der Waals surface area contributed by atoms with Crippen LogP contribution in [0.1, 0.15) is 29.5 Å². The average Bonchev–Trinajstić information content (AvgIpc) is 3.26. The number of carbonyl (C=O) groups excluding carboxylic acids is 1. The van der Waals surface area contributed by atoms with Crippen molar-refractivity contribution in [1.82, 2.24) is 9.71 Å². The molecule has 1 aromatic heterocycles. The van der Waals surface area contributed by atoms with E-state index in [0.29, 0.717) is 18.2 Å². The van der Waals surface area contributed by atoms with E-state index in [1.165, 1.54) is 6.07 Å². The van der Waals surface area contributed by atoms with Gasteiger partial charge < -0.3 is 4.98 Å². The second-order valence-corrected chi connectivity index (χ2v) is 8.68. The fourth-order valence-electron chi connectivity index (χ4n) is 3.56. The Morgan fingerprint density at radius 2 is 1.88 bits per heavy atom. The molecule has 2 aromatic carbocycles. The maximum atomic E-state index is 13.0. The fraction of sp³-hybridized carbons (Fsp3) is 0.250. The molecular weight excluding hydrogens is 348 g/mol. The molecule has 6 heteroatoms. The van der Waals surface area contributed by atoms with Gasteiger partial charge in [-0.15, -0.1) is 0 Å². The first kappa shape index (κ1) is 16.8. The van der Waals surface area contributed by atoms with E-state index < -0.39 is 21.3 Å². The van der Waals surface area contributed by atoms with Gasteiger partial charge >= 0.3 is 0 Å². The number of sulfonamides is 1. The van der Waals surface area contributed by atoms with E-state index in [-0.39, 0.29) is 4.90 Å². The highest BCUT2D eigenvalue weighted by molar-refractivity contribution is 7.90. The summed E-state index contributed by atoms with van der Waals surface area (Å²) in [5, 5.41) is 0.574. The Morgan fingerprint density at radius 1 is 1.12 bits per heavy atom. The molecule has 1 amide bonds. The van der Waals surface area contributed by atoms with E-state index >= 15 is 0 Å². The zero-order valence-electron chi connectivity index (χ0n) is 14.7. The molecule has 0 saturated heterocycles. The van der Waals surface area contributed by atoms with E-state index in [4.69, 9.17) is 0 Å². The lowest BCUT2D eigenvalue weighted by molar-refractivity contribution is -0.121. The Kier molecular flexibility index (Phi) is 3.70. The summed E-state index contributed by atoms with van der Waals surface area (Å²) in [5.74, 6) is -0.446. The van der Waals surface area contributed by atoms with Crippen molar-refractivity contribution in [2.45, 2.75) is 37.0 Å². The standard InChI is InChI=1S/C20H20N2O3S/c1-13-6-7-14(2)16(12-13)20(9-10-20)19(23)22-26(24,25)18-5-3-4-17-15(18)8-11-21-17/h3-8,11-12,21H,9-10H2,1-2H3,(H,22,23). The molecule has 134 valence electrons. The fourth-order valence-corrected chi connectivity index (χ4v) is 4.84. The second kappa shape index (κ2) is 5.71. The normalized spacial score (nSPS) is 15.8. The number of benzene rings is 2. The molecule has 0 radical (unpaired) electrons. The molecule has 0 bridgehead atoms. The van der Waals surface area contributed by atoms with E-state index in [2.05, 4.69) is 9.71 Å². The number of amides is 1. The van der Waals surface area contributed by atoms with Gasteiger partial charge in [0.2, 0.25) is 5.91 Å². The number of carbonyl (C=O) groups is 1. The van der Waals surface area contributed by atoms with Crippen LogP contribution in [0.3, 0.4) is 0 Å². The monoisotopic (exact) mass is 368 g/mol. The summed E-state index contributed by atoms with van der Waals surface area (Å²) < 4.78 is 28.1. The van der Waals surface area contributed by atoms with Crippen LogP contribution in [0.4, 0.5) is 0 Å². The van der Waals surface area contributed by atoms with Crippen LogP contribution in [-0.2, 0) is 20.2 Å². The Bertz CT molecular complexity index is 1120. The zero-order valence-corrected chi connectivity index (χ0v) is 15.5. The topological polar surface area (TPSA) is 79.0 Å². The summed E-state index contributed by atoms with van der Waals surface area (Å²) in [6.07, 6.45) is 3.00. The number of nitrogens with one attached hydrogen (secondary N) is 2. The number of aromatic nitrogens is 1. The van der Waals surface area contributed by atoms with Gasteiger partial charge in [0, 0.05) is 17.1 Å². The molecule has 4 rings (SSSR count). The average molecular weight is 368 g/mol. The van der Waals surface area contributed by atoms with Crippen molar-refractivity contribution in [1.29, 1.82) is 0 Å². The molecule has 3 aromatic rings. The molecule has 1 aliphatic rings. The third-order valence-electron chi connectivity index (χ3n) is 5.16. The van der Waals surface area contributed by atoms with E-state index in [0.717, 1.165) is 22.2 Å². The van der Waals surface area contributed by atoms with E-state index in [1.807, 2.05) is 32.0 Å². The largest absolute Gasteiger partial charge is 0.361 e. The highest BCUT2D eigenvalue weighted by Gasteiger charge is 2.53. The van der Waals surface area contributed by atoms with Gasteiger partial charge in [0.25, 0.3) is 10.0 Å². The van der Waals surface area contributed by atoms with Gasteiger partial charge in [-0.25, -0.2) is 13.1 Å². The minimum absolute atomic E-state index is 0.112. The van der Waals surface area contributed by atoms with Gasteiger partial charge in [-0.2, -0.15) is 0 Å². The molecule has 26 heavy (non-hydrogen) atoms. The van der Waals surface area contributed by atoms with Crippen LogP contribution in [-0.4, -0.2) is 19.3 Å². The third kappa shape index (κ3) is 2.61. The molecule has 0 spiro atoms. The summed E-state index contributed by atoms with van der Waals surface area (Å²) >= 11 is 0. The second-order valence-electron chi connectivity index (χ2n) is 7.03. The summed E-state index contributed by atoms with van der Waals surface area (Å²) in [5.41, 5.74) is 2.97. The molecule has 0 unspecified atom stereocenters. The molecule has 0 aliphatic heterocycles. The number of H-pyrrole nitrogens is 1. The molecular formula is C20H20N2O3S. The number of aryl methyl sites for hydroxylation is 2. The van der Waals surface area contributed by atoms with Crippen LogP contribution in [0.2, 0.25) is 0 Å². The van der Waals surface area contributed by atoms with Crippen LogP contribution < -0.4 is 4.72 Å². The van der Waals surface area contributed by atoms with Crippen LogP contribution in [0.25, 0.3) is 10.9 Å². The van der Waals surface area contributed by atoms with Crippen LogP contribution in [0.5, 0.6) is 0 Å². The number of rotatable bonds is 4. The molecule has 1 heterocycles. The first-order valence-electron chi connectivity index (χ1n) is 8.55. The summed E-state index contributed by atoms with van der Waals surface area (Å²) in [6, 6.07) is 12.6. The maximum absolute atomic E-state index is 13.0. The Labute approximate surface area is 152 Å². The van der Waals surface area contributed by atoms with Crippen molar-refractivity contribution >= 4 is 26.8 Å². The molecule has 1 saturated carbocycles. The molecule has 5 nitrogen and oxygen atoms in total. The number of hydrogen-bond donors (Lipinski definition) is 2. The molecule has 2 N–H and O–H groups in total. The number of aromatic amines is 1. The first-order chi connectivity index (χ1) is 12.3. The number of hydrogen-bond acceptors (Lipinski definition) is 3. The van der Waals surface area contributed by atoms with Crippen molar-refractivity contribution in [2.75, 3.05) is 0 Å². The smallest absolute Gasteiger partial charge is 0.264 e. The van der Waals surface area contributed by atoms with Crippen molar-refractivity contribution < 1.29 is 13.2 Å². The Balaban J connectivity index is 1.70. The van der Waals surface area contributed by atoms with E-state index in [9.17, 15) is 13.2 Å². The molecule has 1 fully saturated rings. The molecule has 1 aliphatic carbocycles. The highest BCUT2D eigenvalue weighted by Crippen LogP contribution is 2.50. The quantitative estimate of drug-likeness (QED) is 0.741.